The lowest BCUT2D eigenvalue weighted by Gasteiger charge is -2.16. The van der Waals surface area contributed by atoms with Gasteiger partial charge in [-0.05, 0) is 24.1 Å². The van der Waals surface area contributed by atoms with E-state index in [4.69, 9.17) is 26.3 Å². The quantitative estimate of drug-likeness (QED) is 0.149. The van der Waals surface area contributed by atoms with Gasteiger partial charge in [-0.2, -0.15) is 5.26 Å². The second-order valence-electron chi connectivity index (χ2n) is 9.54. The molecule has 1 N–H and O–H groups in total. The summed E-state index contributed by atoms with van der Waals surface area (Å²) in [5, 5.41) is 18.3. The van der Waals surface area contributed by atoms with Gasteiger partial charge in [0.1, 0.15) is 18.0 Å². The summed E-state index contributed by atoms with van der Waals surface area (Å²) in [6.07, 6.45) is 20.9. The minimum atomic E-state index is -0.649. The largest absolute Gasteiger partial charge is 0.394 e. The first-order valence-corrected chi connectivity index (χ1v) is 14.2. The number of benzene rings is 1. The van der Waals surface area contributed by atoms with Crippen molar-refractivity contribution in [1.29, 1.82) is 5.26 Å². The number of hydrogen-bond acceptors (Lipinski definition) is 4. The molecule has 0 heterocycles. The molecule has 1 aromatic rings. The van der Waals surface area contributed by atoms with Gasteiger partial charge in [0.2, 0.25) is 0 Å². The van der Waals surface area contributed by atoms with Crippen LogP contribution in [0.5, 0.6) is 0 Å². The Bertz CT molecular complexity index is 695. The second-order valence-corrected chi connectivity index (χ2v) is 9.92. The van der Waals surface area contributed by atoms with Gasteiger partial charge in [0.15, 0.2) is 0 Å². The third-order valence-corrected chi connectivity index (χ3v) is 6.73. The number of ether oxygens (including phenoxy) is 2. The second kappa shape index (κ2) is 22.0. The van der Waals surface area contributed by atoms with E-state index in [1.807, 2.05) is 6.07 Å². The smallest absolute Gasteiger partial charge is 0.143 e. The molecule has 0 spiro atoms. The average Bonchev–Trinajstić information content (AvgIpc) is 2.86. The Morgan fingerprint density at radius 2 is 1.40 bits per heavy atom. The summed E-state index contributed by atoms with van der Waals surface area (Å²) in [6.45, 7) is 3.10. The Kier molecular flexibility index (Phi) is 20.1. The van der Waals surface area contributed by atoms with E-state index in [1.165, 1.54) is 102 Å². The third kappa shape index (κ3) is 16.2. The van der Waals surface area contributed by atoms with Crippen LogP contribution in [0.1, 0.15) is 121 Å². The molecule has 1 unspecified atom stereocenters. The van der Waals surface area contributed by atoms with Crippen LogP contribution in [0.25, 0.3) is 0 Å². The predicted molar refractivity (Wildman–Crippen MR) is 142 cm³/mol. The van der Waals surface area contributed by atoms with Crippen LogP contribution in [0, 0.1) is 17.1 Å². The van der Waals surface area contributed by atoms with Crippen molar-refractivity contribution in [3.63, 3.8) is 0 Å². The number of hydrogen-bond donors (Lipinski definition) is 1. The molecule has 0 aromatic heterocycles. The monoisotopic (exact) mass is 511 g/mol. The van der Waals surface area contributed by atoms with Crippen molar-refractivity contribution in [3.8, 4) is 6.07 Å². The molecule has 0 fully saturated rings. The van der Waals surface area contributed by atoms with Crippen LogP contribution in [0.3, 0.4) is 0 Å². The molecule has 0 radical (unpaired) electrons. The van der Waals surface area contributed by atoms with Gasteiger partial charge in [0.25, 0.3) is 0 Å². The van der Waals surface area contributed by atoms with Crippen molar-refractivity contribution in [1.82, 2.24) is 0 Å². The lowest BCUT2D eigenvalue weighted by Crippen LogP contribution is -2.24. The number of nitriles is 1. The number of nitrogens with zero attached hydrogens (tertiary/aromatic N) is 1. The fraction of sp³-hybridized carbons (Fsp3) is 0.759. The van der Waals surface area contributed by atoms with Gasteiger partial charge in [-0.1, -0.05) is 115 Å². The first kappa shape index (κ1) is 31.8. The summed E-state index contributed by atoms with van der Waals surface area (Å²) in [5.41, 5.74) is 0.574. The van der Waals surface area contributed by atoms with Crippen LogP contribution in [0.15, 0.2) is 12.1 Å². The van der Waals surface area contributed by atoms with Crippen LogP contribution < -0.4 is 0 Å². The molecule has 0 aliphatic heterocycles. The molecular weight excluding hydrogens is 465 g/mol. The minimum absolute atomic E-state index is 0.0746. The maximum Gasteiger partial charge on any atom is 0.143 e. The molecule has 6 heteroatoms. The van der Waals surface area contributed by atoms with E-state index >= 15 is 0 Å². The molecule has 1 rings (SSSR count). The third-order valence-electron chi connectivity index (χ3n) is 6.34. The number of aliphatic hydroxyl groups excluding tert-OH is 1. The molecule has 0 aliphatic rings. The van der Waals surface area contributed by atoms with E-state index in [-0.39, 0.29) is 30.4 Å². The van der Waals surface area contributed by atoms with Crippen LogP contribution in [0.4, 0.5) is 4.39 Å². The topological polar surface area (TPSA) is 62.5 Å². The van der Waals surface area contributed by atoms with Crippen molar-refractivity contribution in [2.24, 2.45) is 0 Å². The van der Waals surface area contributed by atoms with E-state index in [2.05, 4.69) is 6.92 Å². The molecule has 1 aromatic carbocycles. The zero-order chi connectivity index (χ0) is 25.6. The molecule has 0 aliphatic carbocycles. The van der Waals surface area contributed by atoms with Crippen molar-refractivity contribution >= 4 is 11.6 Å². The average molecular weight is 512 g/mol. The zero-order valence-electron chi connectivity index (χ0n) is 21.8. The van der Waals surface area contributed by atoms with Crippen LogP contribution in [-0.2, 0) is 16.1 Å². The predicted octanol–water partition coefficient (Wildman–Crippen LogP) is 8.51. The van der Waals surface area contributed by atoms with E-state index in [0.717, 1.165) is 12.8 Å². The van der Waals surface area contributed by atoms with Crippen LogP contribution >= 0.6 is 11.6 Å². The highest BCUT2D eigenvalue weighted by molar-refractivity contribution is 6.31. The van der Waals surface area contributed by atoms with Gasteiger partial charge >= 0.3 is 0 Å². The molecule has 35 heavy (non-hydrogen) atoms. The first-order chi connectivity index (χ1) is 17.1. The summed E-state index contributed by atoms with van der Waals surface area (Å²) in [5.74, 6) is -0.649. The summed E-state index contributed by atoms with van der Waals surface area (Å²) < 4.78 is 25.0. The Morgan fingerprint density at radius 3 is 1.89 bits per heavy atom. The van der Waals surface area contributed by atoms with Crippen molar-refractivity contribution in [2.45, 2.75) is 122 Å². The lowest BCUT2D eigenvalue weighted by molar-refractivity contribution is -0.0503. The number of unbranched alkanes of at least 4 members (excludes halogenated alkanes) is 15. The van der Waals surface area contributed by atoms with Crippen molar-refractivity contribution in [2.75, 3.05) is 19.8 Å². The Morgan fingerprint density at radius 1 is 0.886 bits per heavy atom. The van der Waals surface area contributed by atoms with Crippen molar-refractivity contribution in [3.05, 3.63) is 34.1 Å². The van der Waals surface area contributed by atoms with Crippen molar-refractivity contribution < 1.29 is 19.0 Å². The summed E-state index contributed by atoms with van der Waals surface area (Å²) in [7, 11) is 0. The van der Waals surface area contributed by atoms with Crippen LogP contribution in [0.2, 0.25) is 5.02 Å². The fourth-order valence-corrected chi connectivity index (χ4v) is 4.30. The molecule has 0 saturated heterocycles. The van der Waals surface area contributed by atoms with Gasteiger partial charge in [-0.15, -0.1) is 0 Å². The SMILES string of the molecule is CCCCCCCCCCCCCCCCCCOCC(CO)OCc1cc(F)c(Cl)c(C#N)c1. The number of halogens is 2. The Hall–Kier alpha value is -1.19. The molecule has 0 saturated carbocycles. The number of aliphatic hydroxyl groups is 1. The minimum Gasteiger partial charge on any atom is -0.394 e. The highest BCUT2D eigenvalue weighted by atomic mass is 35.5. The standard InChI is InChI=1S/C29H47ClFNO3/c1-2-3-4-5-6-7-8-9-10-11-12-13-14-15-16-17-18-34-24-27(22-33)35-23-25-19-26(21-32)29(30)28(31)20-25/h19-20,27,33H,2-18,22-24H2,1H3. The van der Waals surface area contributed by atoms with E-state index in [0.29, 0.717) is 12.2 Å². The molecular formula is C29H47ClFNO3. The Labute approximate surface area is 218 Å². The van der Waals surface area contributed by atoms with Gasteiger partial charge in [-0.3, -0.25) is 0 Å². The molecule has 4 nitrogen and oxygen atoms in total. The van der Waals surface area contributed by atoms with Crippen LogP contribution in [-0.4, -0.2) is 31.0 Å². The molecule has 200 valence electrons. The summed E-state index contributed by atoms with van der Waals surface area (Å²) >= 11 is 5.75. The fourth-order valence-electron chi connectivity index (χ4n) is 4.14. The van der Waals surface area contributed by atoms with Gasteiger partial charge in [0.05, 0.1) is 30.4 Å². The normalized spacial score (nSPS) is 12.1. The van der Waals surface area contributed by atoms with E-state index in [9.17, 15) is 9.50 Å². The van der Waals surface area contributed by atoms with Gasteiger partial charge in [0, 0.05) is 6.61 Å². The van der Waals surface area contributed by atoms with Gasteiger partial charge < -0.3 is 14.6 Å². The van der Waals surface area contributed by atoms with E-state index in [1.54, 1.807) is 0 Å². The summed E-state index contributed by atoms with van der Waals surface area (Å²) in [4.78, 5) is 0. The molecule has 0 bridgehead atoms. The molecule has 1 atom stereocenters. The Balaban J connectivity index is 1.93. The molecule has 0 amide bonds. The zero-order valence-corrected chi connectivity index (χ0v) is 22.6. The highest BCUT2D eigenvalue weighted by Gasteiger charge is 2.12. The number of rotatable bonds is 23. The maximum atomic E-state index is 13.8. The first-order valence-electron chi connectivity index (χ1n) is 13.8. The van der Waals surface area contributed by atoms with E-state index < -0.39 is 11.9 Å². The lowest BCUT2D eigenvalue weighted by atomic mass is 10.0. The van der Waals surface area contributed by atoms with Gasteiger partial charge in [-0.25, -0.2) is 4.39 Å². The maximum absolute atomic E-state index is 13.8. The summed E-state index contributed by atoms with van der Waals surface area (Å²) in [6, 6.07) is 4.61. The highest BCUT2D eigenvalue weighted by Crippen LogP contribution is 2.22.